The van der Waals surface area contributed by atoms with Gasteiger partial charge in [-0.3, -0.25) is 19.1 Å². The Hall–Kier alpha value is -2.36. The lowest BCUT2D eigenvalue weighted by atomic mass is 10.1. The van der Waals surface area contributed by atoms with Crippen LogP contribution in [0.3, 0.4) is 0 Å². The van der Waals surface area contributed by atoms with Crippen molar-refractivity contribution in [3.05, 3.63) is 69.0 Å². The largest absolute Gasteiger partial charge is 0.462 e. The minimum atomic E-state index is -1.64. The maximum absolute atomic E-state index is 12.3. The molecule has 0 aliphatic carbocycles. The zero-order chi connectivity index (χ0) is 24.7. The molecule has 186 valence electrons. The Kier molecular flexibility index (Phi) is 9.55. The van der Waals surface area contributed by atoms with Crippen LogP contribution in [0.2, 0.25) is 0 Å². The molecule has 2 N–H and O–H groups in total. The Labute approximate surface area is 199 Å². The fourth-order valence-electron chi connectivity index (χ4n) is 3.51. The highest BCUT2D eigenvalue weighted by Crippen LogP contribution is 2.39. The molecule has 0 spiro atoms. The number of hydrogen-bond acceptors (Lipinski definition) is 8. The van der Waals surface area contributed by atoms with Crippen LogP contribution in [0.5, 0.6) is 0 Å². The van der Waals surface area contributed by atoms with Gasteiger partial charge in [0.15, 0.2) is 0 Å². The molecule has 0 radical (unpaired) electrons. The van der Waals surface area contributed by atoms with E-state index in [-0.39, 0.29) is 24.7 Å². The molecule has 5 atom stereocenters. The van der Waals surface area contributed by atoms with Crippen molar-refractivity contribution in [2.75, 3.05) is 6.61 Å². The van der Waals surface area contributed by atoms with Crippen LogP contribution in [0.4, 0.5) is 0 Å². The Morgan fingerprint density at radius 2 is 1.94 bits per heavy atom. The molecule has 0 amide bonds. The van der Waals surface area contributed by atoms with Gasteiger partial charge in [0.25, 0.3) is 14.1 Å². The van der Waals surface area contributed by atoms with Crippen molar-refractivity contribution in [1.29, 1.82) is 0 Å². The number of esters is 1. The number of aromatic nitrogens is 2. The molecule has 1 aromatic heterocycles. The second-order valence-electron chi connectivity index (χ2n) is 8.53. The molecular weight excluding hydrogens is 461 g/mol. The van der Waals surface area contributed by atoms with E-state index in [9.17, 15) is 14.4 Å². The number of H-pyrrole nitrogens is 1. The monoisotopic (exact) mass is 493 g/mol. The van der Waals surface area contributed by atoms with Crippen LogP contribution in [-0.2, 0) is 29.9 Å². The van der Waals surface area contributed by atoms with E-state index in [0.29, 0.717) is 13.0 Å². The smallest absolute Gasteiger partial charge is 0.330 e. The van der Waals surface area contributed by atoms with Crippen molar-refractivity contribution < 1.29 is 23.3 Å². The van der Waals surface area contributed by atoms with E-state index in [1.165, 1.54) is 16.8 Å². The molecule has 11 heteroatoms. The van der Waals surface area contributed by atoms with Crippen molar-refractivity contribution in [2.24, 2.45) is 5.92 Å². The van der Waals surface area contributed by atoms with Gasteiger partial charge in [0.2, 0.25) is 0 Å². The molecule has 1 aliphatic heterocycles. The summed E-state index contributed by atoms with van der Waals surface area (Å²) in [4.78, 5) is 38.0. The van der Waals surface area contributed by atoms with E-state index < -0.39 is 38.0 Å². The molecule has 0 bridgehead atoms. The van der Waals surface area contributed by atoms with E-state index in [1.54, 1.807) is 20.8 Å². The van der Waals surface area contributed by atoms with Gasteiger partial charge in [0.05, 0.1) is 25.4 Å². The average Bonchev–Trinajstić information content (AvgIpc) is 3.16. The summed E-state index contributed by atoms with van der Waals surface area (Å²) < 4.78 is 24.7. The first-order valence-corrected chi connectivity index (χ1v) is 12.4. The van der Waals surface area contributed by atoms with Gasteiger partial charge in [-0.15, -0.1) is 0 Å². The number of nitrogens with zero attached hydrogens (tertiary/aromatic N) is 1. The van der Waals surface area contributed by atoms with Gasteiger partial charge in [0.1, 0.15) is 12.3 Å². The fourth-order valence-corrected chi connectivity index (χ4v) is 4.72. The summed E-state index contributed by atoms with van der Waals surface area (Å²) >= 11 is 0. The first kappa shape index (κ1) is 26.2. The number of rotatable bonds is 11. The predicted molar refractivity (Wildman–Crippen MR) is 127 cm³/mol. The summed E-state index contributed by atoms with van der Waals surface area (Å²) in [6, 6.07) is 10.3. The summed E-state index contributed by atoms with van der Waals surface area (Å²) in [6.07, 6.45) is 1.07. The summed E-state index contributed by atoms with van der Waals surface area (Å²) in [5.74, 6) is -0.362. The third kappa shape index (κ3) is 7.58. The molecule has 34 heavy (non-hydrogen) atoms. The molecule has 0 saturated carbocycles. The van der Waals surface area contributed by atoms with Crippen LogP contribution in [0.1, 0.15) is 45.9 Å². The van der Waals surface area contributed by atoms with Gasteiger partial charge in [-0.05, 0) is 32.8 Å². The van der Waals surface area contributed by atoms with Gasteiger partial charge in [-0.2, -0.15) is 0 Å². The maximum Gasteiger partial charge on any atom is 0.330 e. The Morgan fingerprint density at radius 1 is 1.21 bits per heavy atom. The highest BCUT2D eigenvalue weighted by molar-refractivity contribution is 7.45. The predicted octanol–water partition coefficient (Wildman–Crippen LogP) is 2.85. The number of carbonyl (C=O) groups is 1. The first-order valence-electron chi connectivity index (χ1n) is 11.3. The molecule has 1 aliphatic rings. The number of aromatic amines is 1. The highest BCUT2D eigenvalue weighted by Gasteiger charge is 2.35. The van der Waals surface area contributed by atoms with Crippen LogP contribution in [0.15, 0.2) is 52.2 Å². The van der Waals surface area contributed by atoms with Crippen molar-refractivity contribution in [3.8, 4) is 0 Å². The van der Waals surface area contributed by atoms with Crippen molar-refractivity contribution >= 4 is 14.5 Å². The van der Waals surface area contributed by atoms with E-state index >= 15 is 0 Å². The zero-order valence-corrected chi connectivity index (χ0v) is 20.7. The van der Waals surface area contributed by atoms with Crippen LogP contribution in [0, 0.1) is 5.92 Å². The number of benzene rings is 1. The topological polar surface area (TPSA) is 121 Å². The zero-order valence-electron chi connectivity index (χ0n) is 19.8. The standard InChI is InChI=1S/C23H32N3O7P/c1-15(2)32-22(28)17(4)25-34(30-13-18-8-6-5-7-9-18)31-14-19-12-16(3)21(33-19)26-11-10-20(27)24-23(26)29/h5-11,15-17,19,21,25H,12-14H2,1-4H3,(H,24,27,29)/t16?,17-,19?,21?,34?/m0/s1. The lowest BCUT2D eigenvalue weighted by Gasteiger charge is -2.23. The van der Waals surface area contributed by atoms with E-state index in [0.717, 1.165) is 5.56 Å². The van der Waals surface area contributed by atoms with E-state index in [4.69, 9.17) is 18.5 Å². The van der Waals surface area contributed by atoms with Crippen molar-refractivity contribution in [3.63, 3.8) is 0 Å². The van der Waals surface area contributed by atoms with Crippen LogP contribution >= 0.6 is 8.53 Å². The summed E-state index contributed by atoms with van der Waals surface area (Å²) in [5, 5.41) is 3.08. The lowest BCUT2D eigenvalue weighted by molar-refractivity contribution is -0.149. The van der Waals surface area contributed by atoms with Gasteiger partial charge in [-0.1, -0.05) is 37.3 Å². The molecule has 3 rings (SSSR count). The van der Waals surface area contributed by atoms with Crippen molar-refractivity contribution in [2.45, 2.75) is 65.2 Å². The highest BCUT2D eigenvalue weighted by atomic mass is 31.2. The average molecular weight is 493 g/mol. The summed E-state index contributed by atoms with van der Waals surface area (Å²) in [7, 11) is -1.64. The SMILES string of the molecule is CC(C)OC(=O)[C@H](C)NP(OCc1ccccc1)OCC1CC(C)C(n2ccc(=O)[nH]c2=O)O1. The van der Waals surface area contributed by atoms with Crippen LogP contribution < -0.4 is 16.3 Å². The third-order valence-corrected chi connectivity index (χ3v) is 6.50. The minimum Gasteiger partial charge on any atom is -0.462 e. The number of carbonyl (C=O) groups excluding carboxylic acids is 1. The van der Waals surface area contributed by atoms with Gasteiger partial charge in [0, 0.05) is 18.2 Å². The van der Waals surface area contributed by atoms with Gasteiger partial charge in [-0.25, -0.2) is 9.88 Å². The minimum absolute atomic E-state index is 0.0292. The second kappa shape index (κ2) is 12.4. The quantitative estimate of drug-likeness (QED) is 0.362. The molecule has 2 heterocycles. The third-order valence-electron chi connectivity index (χ3n) is 5.15. The van der Waals surface area contributed by atoms with Gasteiger partial charge < -0.3 is 18.5 Å². The molecule has 4 unspecified atom stereocenters. The Morgan fingerprint density at radius 3 is 2.62 bits per heavy atom. The Bertz CT molecular complexity index is 1040. The van der Waals surface area contributed by atoms with Crippen molar-refractivity contribution in [1.82, 2.24) is 14.6 Å². The molecule has 1 aromatic carbocycles. The van der Waals surface area contributed by atoms with Gasteiger partial charge >= 0.3 is 11.7 Å². The molecule has 2 aromatic rings. The lowest BCUT2D eigenvalue weighted by Crippen LogP contribution is -2.35. The maximum atomic E-state index is 12.3. The number of nitrogens with one attached hydrogen (secondary N) is 2. The van der Waals surface area contributed by atoms with E-state index in [2.05, 4.69) is 10.1 Å². The van der Waals surface area contributed by atoms with E-state index in [1.807, 2.05) is 37.3 Å². The molecule has 10 nitrogen and oxygen atoms in total. The summed E-state index contributed by atoms with van der Waals surface area (Å²) in [6.45, 7) is 7.76. The van der Waals surface area contributed by atoms with Crippen LogP contribution in [-0.4, -0.2) is 40.4 Å². The summed E-state index contributed by atoms with van der Waals surface area (Å²) in [5.41, 5.74) is 0.00348. The second-order valence-corrected chi connectivity index (χ2v) is 9.82. The number of hydrogen-bond donors (Lipinski definition) is 2. The molecule has 1 saturated heterocycles. The first-order chi connectivity index (χ1) is 16.2. The number of ether oxygens (including phenoxy) is 2. The fraction of sp³-hybridized carbons (Fsp3) is 0.522. The van der Waals surface area contributed by atoms with Crippen LogP contribution in [0.25, 0.3) is 0 Å². The molecular formula is C23H32N3O7P. The normalized spacial score (nSPS) is 22.0. The Balaban J connectivity index is 1.61. The molecule has 1 fully saturated rings.